The van der Waals surface area contributed by atoms with Crippen molar-refractivity contribution in [3.05, 3.63) is 54.4 Å². The summed E-state index contributed by atoms with van der Waals surface area (Å²) in [5.74, 6) is -1.25. The number of rotatable bonds is 4. The molecule has 0 bridgehead atoms. The van der Waals surface area contributed by atoms with Crippen LogP contribution in [0.4, 0.5) is 0 Å². The second kappa shape index (κ2) is 5.83. The Bertz CT molecular complexity index is 997. The van der Waals surface area contributed by atoms with Crippen LogP contribution < -0.4 is 5.14 Å². The molecule has 0 aliphatic heterocycles. The van der Waals surface area contributed by atoms with Crippen molar-refractivity contribution < 1.29 is 18.3 Å². The zero-order chi connectivity index (χ0) is 17.3. The molecule has 0 aliphatic rings. The molecule has 3 rings (SSSR count). The molecule has 0 saturated heterocycles. The number of aromatic carboxylic acids is 1. The summed E-state index contributed by atoms with van der Waals surface area (Å²) in [5.41, 5.74) is 0.717. The number of pyridine rings is 1. The van der Waals surface area contributed by atoms with Gasteiger partial charge in [-0.15, -0.1) is 5.10 Å². The van der Waals surface area contributed by atoms with Crippen LogP contribution in [0.15, 0.2) is 53.6 Å². The maximum atomic E-state index is 11.4. The Morgan fingerprint density at radius 3 is 2.38 bits per heavy atom. The molecular formula is C14H11N5O4S. The Labute approximate surface area is 136 Å². The summed E-state index contributed by atoms with van der Waals surface area (Å²) in [7, 11) is -3.82. The van der Waals surface area contributed by atoms with Crippen LogP contribution in [0.5, 0.6) is 0 Å². The Morgan fingerprint density at radius 1 is 1.12 bits per heavy atom. The Morgan fingerprint density at radius 2 is 1.83 bits per heavy atom. The first-order valence-corrected chi connectivity index (χ1v) is 8.16. The minimum absolute atomic E-state index is 0.0655. The van der Waals surface area contributed by atoms with Gasteiger partial charge in [-0.1, -0.05) is 11.3 Å². The second-order valence-electron chi connectivity index (χ2n) is 4.76. The normalized spacial score (nSPS) is 11.4. The Hall–Kier alpha value is -3.11. The van der Waals surface area contributed by atoms with E-state index in [1.165, 1.54) is 35.1 Å². The molecule has 122 valence electrons. The monoisotopic (exact) mass is 345 g/mol. The largest absolute Gasteiger partial charge is 0.476 e. The molecule has 0 atom stereocenters. The van der Waals surface area contributed by atoms with Gasteiger partial charge in [-0.25, -0.2) is 23.0 Å². The van der Waals surface area contributed by atoms with Gasteiger partial charge in [-0.3, -0.25) is 4.98 Å². The van der Waals surface area contributed by atoms with Crippen LogP contribution in [0.2, 0.25) is 0 Å². The fraction of sp³-hybridized carbons (Fsp3) is 0. The quantitative estimate of drug-likeness (QED) is 0.708. The van der Waals surface area contributed by atoms with Crippen molar-refractivity contribution in [1.29, 1.82) is 0 Å². The first-order valence-electron chi connectivity index (χ1n) is 6.61. The van der Waals surface area contributed by atoms with E-state index in [0.717, 1.165) is 0 Å². The molecule has 3 N–H and O–H groups in total. The van der Waals surface area contributed by atoms with E-state index in [2.05, 4.69) is 15.3 Å². The predicted molar refractivity (Wildman–Crippen MR) is 82.9 cm³/mol. The predicted octanol–water partition coefficient (Wildman–Crippen LogP) is 0.675. The molecule has 0 unspecified atom stereocenters. The van der Waals surface area contributed by atoms with Gasteiger partial charge in [0.15, 0.2) is 5.69 Å². The zero-order valence-electron chi connectivity index (χ0n) is 12.1. The van der Waals surface area contributed by atoms with Crippen molar-refractivity contribution in [3.8, 4) is 17.1 Å². The fourth-order valence-electron chi connectivity index (χ4n) is 2.12. The van der Waals surface area contributed by atoms with Crippen LogP contribution >= 0.6 is 0 Å². The number of nitrogens with zero attached hydrogens (tertiary/aromatic N) is 4. The highest BCUT2D eigenvalue weighted by Gasteiger charge is 2.22. The van der Waals surface area contributed by atoms with E-state index < -0.39 is 16.0 Å². The van der Waals surface area contributed by atoms with Crippen molar-refractivity contribution in [2.45, 2.75) is 4.90 Å². The second-order valence-corrected chi connectivity index (χ2v) is 6.32. The lowest BCUT2D eigenvalue weighted by molar-refractivity contribution is 0.0691. The van der Waals surface area contributed by atoms with Crippen LogP contribution in [0.25, 0.3) is 17.1 Å². The molecular weight excluding hydrogens is 334 g/mol. The highest BCUT2D eigenvalue weighted by molar-refractivity contribution is 7.89. The van der Waals surface area contributed by atoms with Gasteiger partial charge in [0, 0.05) is 6.20 Å². The molecule has 1 aromatic carbocycles. The van der Waals surface area contributed by atoms with Crippen molar-refractivity contribution in [1.82, 2.24) is 20.0 Å². The Balaban J connectivity index is 2.17. The minimum Gasteiger partial charge on any atom is -0.476 e. The summed E-state index contributed by atoms with van der Waals surface area (Å²) in [4.78, 5) is 15.4. The topological polar surface area (TPSA) is 141 Å². The number of benzene rings is 1. The maximum Gasteiger partial charge on any atom is 0.358 e. The molecule has 9 nitrogen and oxygen atoms in total. The number of hydrogen-bond donors (Lipinski definition) is 2. The van der Waals surface area contributed by atoms with Gasteiger partial charge in [0.1, 0.15) is 5.69 Å². The third kappa shape index (κ3) is 2.87. The molecule has 24 heavy (non-hydrogen) atoms. The van der Waals surface area contributed by atoms with Gasteiger partial charge in [-0.2, -0.15) is 0 Å². The lowest BCUT2D eigenvalue weighted by atomic mass is 10.2. The standard InChI is InChI=1S/C14H11N5O4S/c15-24(22,23)10-6-4-9(5-7-10)19-13(11-3-1-2-8-16-11)12(14(20)21)17-18-19/h1-8H,(H,20,21)(H2,15,22,23). The highest BCUT2D eigenvalue weighted by Crippen LogP contribution is 2.24. The third-order valence-electron chi connectivity index (χ3n) is 3.19. The van der Waals surface area contributed by atoms with Crippen LogP contribution in [0.3, 0.4) is 0 Å². The number of carboxylic acid groups (broad SMARTS) is 1. The van der Waals surface area contributed by atoms with Crippen molar-refractivity contribution in [3.63, 3.8) is 0 Å². The first kappa shape index (κ1) is 15.8. The molecule has 0 saturated carbocycles. The van der Waals surface area contributed by atoms with Crippen molar-refractivity contribution in [2.24, 2.45) is 5.14 Å². The molecule has 0 radical (unpaired) electrons. The number of sulfonamides is 1. The summed E-state index contributed by atoms with van der Waals surface area (Å²) >= 11 is 0. The van der Waals surface area contributed by atoms with Gasteiger partial charge in [0.05, 0.1) is 16.3 Å². The summed E-state index contributed by atoms with van der Waals surface area (Å²) in [6.07, 6.45) is 1.52. The van der Waals surface area contributed by atoms with E-state index in [9.17, 15) is 18.3 Å². The molecule has 10 heteroatoms. The van der Waals surface area contributed by atoms with E-state index in [4.69, 9.17) is 5.14 Å². The summed E-state index contributed by atoms with van der Waals surface area (Å²) in [6, 6.07) is 10.5. The van der Waals surface area contributed by atoms with Gasteiger partial charge < -0.3 is 5.11 Å². The number of carbonyl (C=O) groups is 1. The number of nitrogens with two attached hydrogens (primary N) is 1. The molecule has 0 fully saturated rings. The lowest BCUT2D eigenvalue weighted by Crippen LogP contribution is -2.12. The van der Waals surface area contributed by atoms with E-state index in [1.807, 2.05) is 0 Å². The van der Waals surface area contributed by atoms with Gasteiger partial charge in [0.2, 0.25) is 10.0 Å². The van der Waals surface area contributed by atoms with Crippen LogP contribution in [0.1, 0.15) is 10.5 Å². The van der Waals surface area contributed by atoms with Crippen LogP contribution in [-0.2, 0) is 10.0 Å². The number of carboxylic acids is 1. The zero-order valence-corrected chi connectivity index (χ0v) is 12.9. The summed E-state index contributed by atoms with van der Waals surface area (Å²) in [5, 5.41) is 21.9. The van der Waals surface area contributed by atoms with Gasteiger partial charge >= 0.3 is 5.97 Å². The summed E-state index contributed by atoms with van der Waals surface area (Å²) in [6.45, 7) is 0. The molecule has 2 aromatic heterocycles. The molecule has 2 heterocycles. The first-order chi connectivity index (χ1) is 11.4. The van der Waals surface area contributed by atoms with Crippen molar-refractivity contribution in [2.75, 3.05) is 0 Å². The number of hydrogen-bond acceptors (Lipinski definition) is 6. The molecule has 3 aromatic rings. The third-order valence-corrected chi connectivity index (χ3v) is 4.12. The van der Waals surface area contributed by atoms with E-state index >= 15 is 0 Å². The van der Waals surface area contributed by atoms with Crippen LogP contribution in [0, 0.1) is 0 Å². The minimum atomic E-state index is -3.82. The molecule has 0 aliphatic carbocycles. The lowest BCUT2D eigenvalue weighted by Gasteiger charge is -2.07. The highest BCUT2D eigenvalue weighted by atomic mass is 32.2. The Kier molecular flexibility index (Phi) is 3.83. The van der Waals surface area contributed by atoms with Crippen molar-refractivity contribution >= 4 is 16.0 Å². The average Bonchev–Trinajstić information content (AvgIpc) is 3.00. The number of aromatic nitrogens is 4. The van der Waals surface area contributed by atoms with E-state index in [1.54, 1.807) is 18.2 Å². The molecule has 0 spiro atoms. The smallest absolute Gasteiger partial charge is 0.358 e. The van der Waals surface area contributed by atoms with Gasteiger partial charge in [0.25, 0.3) is 0 Å². The molecule has 0 amide bonds. The SMILES string of the molecule is NS(=O)(=O)c1ccc(-n2nnc(C(=O)O)c2-c2ccccn2)cc1. The maximum absolute atomic E-state index is 11.4. The average molecular weight is 345 g/mol. The summed E-state index contributed by atoms with van der Waals surface area (Å²) < 4.78 is 23.9. The van der Waals surface area contributed by atoms with Crippen LogP contribution in [-0.4, -0.2) is 39.5 Å². The van der Waals surface area contributed by atoms with E-state index in [-0.39, 0.29) is 16.3 Å². The fourth-order valence-corrected chi connectivity index (χ4v) is 2.63. The van der Waals surface area contributed by atoms with E-state index in [0.29, 0.717) is 11.4 Å². The number of primary sulfonamides is 1. The van der Waals surface area contributed by atoms with Gasteiger partial charge in [-0.05, 0) is 36.4 Å².